The van der Waals surface area contributed by atoms with E-state index in [4.69, 9.17) is 0 Å². The summed E-state index contributed by atoms with van der Waals surface area (Å²) in [6.45, 7) is 8.92. The van der Waals surface area contributed by atoms with Crippen LogP contribution in [0.5, 0.6) is 0 Å². The number of anilines is 1. The van der Waals surface area contributed by atoms with E-state index in [-0.39, 0.29) is 34.9 Å². The van der Waals surface area contributed by atoms with Gasteiger partial charge in [-0.1, -0.05) is 26.7 Å². The third-order valence-electron chi connectivity index (χ3n) is 5.52. The van der Waals surface area contributed by atoms with Crippen molar-refractivity contribution in [2.24, 2.45) is 0 Å². The van der Waals surface area contributed by atoms with Gasteiger partial charge in [-0.15, -0.1) is 0 Å². The molecule has 0 fully saturated rings. The van der Waals surface area contributed by atoms with Crippen molar-refractivity contribution in [2.45, 2.75) is 77.2 Å². The Hall–Kier alpha value is -1.41. The van der Waals surface area contributed by atoms with Gasteiger partial charge in [0.05, 0.1) is 10.6 Å². The highest BCUT2D eigenvalue weighted by Gasteiger charge is 2.32. The molecule has 0 bridgehead atoms. The zero-order valence-electron chi connectivity index (χ0n) is 18.4. The molecular formula is C22H33BrN2O4S. The molecule has 0 N–H and O–H groups in total. The number of fused-ring (bicyclic) bond motifs is 1. The SMILES string of the molecule is CCCCN(CCCC)C(=O)CCS(=O)(=O)c1cc2c(cc1Br)C[C@@H](C)N2C(C)=O. The molecule has 0 aliphatic carbocycles. The maximum Gasteiger partial charge on any atom is 0.224 e. The number of nitrogens with zero attached hydrogens (tertiary/aromatic N) is 2. The summed E-state index contributed by atoms with van der Waals surface area (Å²) in [4.78, 5) is 28.3. The summed E-state index contributed by atoms with van der Waals surface area (Å²) in [5, 5.41) is 0. The number of hydrogen-bond acceptors (Lipinski definition) is 4. The number of hydrogen-bond donors (Lipinski definition) is 0. The van der Waals surface area contributed by atoms with E-state index < -0.39 is 9.84 Å². The molecule has 30 heavy (non-hydrogen) atoms. The van der Waals surface area contributed by atoms with E-state index in [0.29, 0.717) is 29.7 Å². The predicted octanol–water partition coefficient (Wildman–Crippen LogP) is 4.34. The molecule has 2 amide bonds. The van der Waals surface area contributed by atoms with Gasteiger partial charge in [-0.2, -0.15) is 0 Å². The molecule has 0 aromatic heterocycles. The van der Waals surface area contributed by atoms with Gasteiger partial charge >= 0.3 is 0 Å². The summed E-state index contributed by atoms with van der Waals surface area (Å²) in [5.41, 5.74) is 1.60. The highest BCUT2D eigenvalue weighted by molar-refractivity contribution is 9.10. The summed E-state index contributed by atoms with van der Waals surface area (Å²) in [6, 6.07) is 3.36. The molecule has 6 nitrogen and oxygen atoms in total. The number of halogens is 1. The lowest BCUT2D eigenvalue weighted by atomic mass is 10.1. The van der Waals surface area contributed by atoms with E-state index in [1.54, 1.807) is 21.9 Å². The molecule has 0 unspecified atom stereocenters. The molecule has 1 heterocycles. The van der Waals surface area contributed by atoms with Gasteiger partial charge in [-0.25, -0.2) is 8.42 Å². The van der Waals surface area contributed by atoms with Crippen molar-refractivity contribution in [1.82, 2.24) is 4.90 Å². The Kier molecular flexibility index (Phi) is 8.91. The minimum atomic E-state index is -3.68. The van der Waals surface area contributed by atoms with Crippen molar-refractivity contribution in [3.8, 4) is 0 Å². The Morgan fingerprint density at radius 3 is 2.30 bits per heavy atom. The monoisotopic (exact) mass is 500 g/mol. The van der Waals surface area contributed by atoms with E-state index in [1.807, 2.05) is 6.92 Å². The fraction of sp³-hybridized carbons (Fsp3) is 0.636. The van der Waals surface area contributed by atoms with Gasteiger partial charge in [0, 0.05) is 42.6 Å². The van der Waals surface area contributed by atoms with Crippen LogP contribution in [0.15, 0.2) is 21.5 Å². The van der Waals surface area contributed by atoms with Gasteiger partial charge in [0.15, 0.2) is 9.84 Å². The number of carbonyl (C=O) groups is 2. The van der Waals surface area contributed by atoms with Crippen LogP contribution in [-0.4, -0.2) is 50.0 Å². The third-order valence-corrected chi connectivity index (χ3v) is 8.19. The quantitative estimate of drug-likeness (QED) is 0.478. The number of benzene rings is 1. The lowest BCUT2D eigenvalue weighted by Crippen LogP contribution is -2.34. The molecule has 8 heteroatoms. The van der Waals surface area contributed by atoms with Crippen LogP contribution in [-0.2, 0) is 25.8 Å². The molecule has 0 saturated heterocycles. The molecular weight excluding hydrogens is 468 g/mol. The van der Waals surface area contributed by atoms with E-state index >= 15 is 0 Å². The van der Waals surface area contributed by atoms with E-state index in [1.165, 1.54) is 6.92 Å². The Balaban J connectivity index is 2.19. The number of carbonyl (C=O) groups excluding carboxylic acids is 2. The molecule has 168 valence electrons. The first-order chi connectivity index (χ1) is 14.1. The van der Waals surface area contributed by atoms with E-state index in [0.717, 1.165) is 31.2 Å². The molecule has 1 aromatic rings. The Morgan fingerprint density at radius 2 is 1.77 bits per heavy atom. The molecule has 0 spiro atoms. The van der Waals surface area contributed by atoms with Crippen LogP contribution in [0.1, 0.15) is 65.4 Å². The van der Waals surface area contributed by atoms with Gasteiger partial charge < -0.3 is 9.80 Å². The first kappa shape index (κ1) is 24.9. The van der Waals surface area contributed by atoms with Crippen molar-refractivity contribution in [3.05, 3.63) is 22.2 Å². The summed E-state index contributed by atoms with van der Waals surface area (Å²) >= 11 is 3.39. The topological polar surface area (TPSA) is 74.8 Å². The lowest BCUT2D eigenvalue weighted by molar-refractivity contribution is -0.131. The van der Waals surface area contributed by atoms with Crippen LogP contribution in [0, 0.1) is 0 Å². The summed E-state index contributed by atoms with van der Waals surface area (Å²) in [5.74, 6) is -0.463. The van der Waals surface area contributed by atoms with E-state index in [2.05, 4.69) is 29.8 Å². The predicted molar refractivity (Wildman–Crippen MR) is 124 cm³/mol. The maximum atomic E-state index is 13.1. The van der Waals surface area contributed by atoms with Crippen molar-refractivity contribution >= 4 is 43.3 Å². The lowest BCUT2D eigenvalue weighted by Gasteiger charge is -2.23. The van der Waals surface area contributed by atoms with Crippen LogP contribution >= 0.6 is 15.9 Å². The minimum Gasteiger partial charge on any atom is -0.343 e. The second-order valence-electron chi connectivity index (χ2n) is 8.01. The highest BCUT2D eigenvalue weighted by Crippen LogP contribution is 2.38. The number of rotatable bonds is 10. The summed E-state index contributed by atoms with van der Waals surface area (Å²) < 4.78 is 26.6. The van der Waals surface area contributed by atoms with Crippen LogP contribution < -0.4 is 4.90 Å². The van der Waals surface area contributed by atoms with Crippen molar-refractivity contribution in [2.75, 3.05) is 23.7 Å². The first-order valence-electron chi connectivity index (χ1n) is 10.7. The fourth-order valence-electron chi connectivity index (χ4n) is 3.89. The minimum absolute atomic E-state index is 0.00498. The zero-order valence-corrected chi connectivity index (χ0v) is 20.8. The fourth-order valence-corrected chi connectivity index (χ4v) is 6.33. The first-order valence-corrected chi connectivity index (χ1v) is 13.2. The Bertz CT molecular complexity index is 877. The summed E-state index contributed by atoms with van der Waals surface area (Å²) in [6.07, 6.45) is 4.46. The largest absolute Gasteiger partial charge is 0.343 e. The molecule has 0 saturated carbocycles. The molecule has 1 aliphatic heterocycles. The Morgan fingerprint density at radius 1 is 1.17 bits per heavy atom. The second-order valence-corrected chi connectivity index (χ2v) is 10.9. The summed E-state index contributed by atoms with van der Waals surface area (Å²) in [7, 11) is -3.68. The average Bonchev–Trinajstić information content (AvgIpc) is 3.00. The highest BCUT2D eigenvalue weighted by atomic mass is 79.9. The van der Waals surface area contributed by atoms with E-state index in [9.17, 15) is 18.0 Å². The molecule has 1 aliphatic rings. The zero-order chi connectivity index (χ0) is 22.5. The number of sulfone groups is 1. The van der Waals surface area contributed by atoms with Gasteiger partial charge in [0.1, 0.15) is 0 Å². The number of amides is 2. The average molecular weight is 501 g/mol. The van der Waals surface area contributed by atoms with Crippen molar-refractivity contribution in [1.29, 1.82) is 0 Å². The molecule has 1 atom stereocenters. The maximum absolute atomic E-state index is 13.1. The molecule has 1 aromatic carbocycles. The van der Waals surface area contributed by atoms with Crippen LogP contribution in [0.25, 0.3) is 0 Å². The number of unbranched alkanes of at least 4 members (excludes halogenated alkanes) is 2. The van der Waals surface area contributed by atoms with Gasteiger partial charge in [-0.3, -0.25) is 9.59 Å². The smallest absolute Gasteiger partial charge is 0.224 e. The molecule has 2 rings (SSSR count). The van der Waals surface area contributed by atoms with Crippen LogP contribution in [0.4, 0.5) is 5.69 Å². The van der Waals surface area contributed by atoms with Crippen molar-refractivity contribution in [3.63, 3.8) is 0 Å². The van der Waals surface area contributed by atoms with Gasteiger partial charge in [0.2, 0.25) is 11.8 Å². The Labute approximate surface area is 189 Å². The normalized spacial score (nSPS) is 15.9. The second kappa shape index (κ2) is 10.8. The van der Waals surface area contributed by atoms with Crippen LogP contribution in [0.3, 0.4) is 0 Å². The van der Waals surface area contributed by atoms with Gasteiger partial charge in [0.25, 0.3) is 0 Å². The molecule has 0 radical (unpaired) electrons. The van der Waals surface area contributed by atoms with Crippen LogP contribution in [0.2, 0.25) is 0 Å². The standard InChI is InChI=1S/C22H33BrN2O4S/c1-5-7-10-24(11-8-6-2)22(27)9-12-30(28,29)21-15-20-18(14-19(21)23)13-16(3)25(20)17(4)26/h14-16H,5-13H2,1-4H3/t16-/m1/s1. The third kappa shape index (κ3) is 5.84. The van der Waals surface area contributed by atoms with Crippen molar-refractivity contribution < 1.29 is 18.0 Å². The van der Waals surface area contributed by atoms with Gasteiger partial charge in [-0.05, 0) is 59.8 Å².